The summed E-state index contributed by atoms with van der Waals surface area (Å²) in [5.74, 6) is 3.07. The Balaban J connectivity index is 1.74. The van der Waals surface area contributed by atoms with Crippen molar-refractivity contribution in [3.63, 3.8) is 0 Å². The summed E-state index contributed by atoms with van der Waals surface area (Å²) >= 11 is 0. The fraction of sp³-hybridized carbons (Fsp3) is 0.667. The van der Waals surface area contributed by atoms with Crippen molar-refractivity contribution in [2.24, 2.45) is 4.99 Å². The molecule has 1 N–H and O–H groups in total. The summed E-state index contributed by atoms with van der Waals surface area (Å²) in [6, 6.07) is 4.29. The van der Waals surface area contributed by atoms with Crippen LogP contribution in [0.4, 0.5) is 0 Å². The summed E-state index contributed by atoms with van der Waals surface area (Å²) in [5.41, 5.74) is 0.912. The molecule has 2 fully saturated rings. The van der Waals surface area contributed by atoms with Gasteiger partial charge in [0.25, 0.3) is 0 Å². The molecule has 0 saturated carbocycles. The summed E-state index contributed by atoms with van der Waals surface area (Å²) in [6.45, 7) is 9.10. The van der Waals surface area contributed by atoms with Crippen molar-refractivity contribution < 1.29 is 18.9 Å². The van der Waals surface area contributed by atoms with E-state index in [0.29, 0.717) is 29.8 Å². The van der Waals surface area contributed by atoms with Crippen molar-refractivity contribution in [2.75, 3.05) is 67.3 Å². The number of methoxy groups -OCH3 is 3. The zero-order valence-electron chi connectivity index (χ0n) is 18.1. The third-order valence-corrected chi connectivity index (χ3v) is 5.56. The Morgan fingerprint density at radius 2 is 1.79 bits per heavy atom. The number of hydrogen-bond donors (Lipinski definition) is 1. The maximum atomic E-state index is 5.56. The molecule has 1 unspecified atom stereocenters. The number of nitrogens with zero attached hydrogens (tertiary/aromatic N) is 3. The molecule has 8 heteroatoms. The van der Waals surface area contributed by atoms with Gasteiger partial charge in [0.1, 0.15) is 17.2 Å². The highest BCUT2D eigenvalue weighted by Crippen LogP contribution is 2.34. The molecule has 2 aliphatic heterocycles. The van der Waals surface area contributed by atoms with Gasteiger partial charge in [0.15, 0.2) is 5.96 Å². The molecule has 162 valence electrons. The van der Waals surface area contributed by atoms with Crippen molar-refractivity contribution in [1.82, 2.24) is 15.1 Å². The molecule has 0 radical (unpaired) electrons. The van der Waals surface area contributed by atoms with E-state index in [1.54, 1.807) is 21.3 Å². The standard InChI is InChI=1S/C21H34N4O4/c1-5-22-21(25-7-6-16(15-25)24-8-10-29-11-9-24)23-14-18-19(27-3)12-17(26-2)13-20(18)28-4/h12-13,16H,5-11,14-15H2,1-4H3,(H,22,23). The molecule has 1 aromatic rings. The van der Waals surface area contributed by atoms with E-state index in [1.807, 2.05) is 12.1 Å². The van der Waals surface area contributed by atoms with Crippen molar-refractivity contribution in [2.45, 2.75) is 25.9 Å². The predicted octanol–water partition coefficient (Wildman–Crippen LogP) is 1.58. The van der Waals surface area contributed by atoms with Gasteiger partial charge in [-0.3, -0.25) is 4.90 Å². The largest absolute Gasteiger partial charge is 0.496 e. The Labute approximate surface area is 173 Å². The lowest BCUT2D eigenvalue weighted by atomic mass is 10.1. The highest BCUT2D eigenvalue weighted by atomic mass is 16.5. The molecule has 29 heavy (non-hydrogen) atoms. The van der Waals surface area contributed by atoms with E-state index < -0.39 is 0 Å². The lowest BCUT2D eigenvalue weighted by Crippen LogP contribution is -2.46. The van der Waals surface area contributed by atoms with Crippen LogP contribution in [0.1, 0.15) is 18.9 Å². The van der Waals surface area contributed by atoms with Gasteiger partial charge < -0.3 is 29.2 Å². The van der Waals surface area contributed by atoms with Crippen LogP contribution in [-0.2, 0) is 11.3 Å². The molecule has 2 heterocycles. The Morgan fingerprint density at radius 3 is 2.38 bits per heavy atom. The fourth-order valence-electron chi connectivity index (χ4n) is 3.99. The van der Waals surface area contributed by atoms with Crippen LogP contribution < -0.4 is 19.5 Å². The summed E-state index contributed by atoms with van der Waals surface area (Å²) in [5, 5.41) is 3.44. The number of likely N-dealkylation sites (tertiary alicyclic amines) is 1. The van der Waals surface area contributed by atoms with Crippen LogP contribution in [-0.4, -0.2) is 89.1 Å². The van der Waals surface area contributed by atoms with Crippen LogP contribution in [0, 0.1) is 0 Å². The average Bonchev–Trinajstić information content (AvgIpc) is 3.26. The first-order chi connectivity index (χ1) is 14.2. The molecule has 0 aliphatic carbocycles. The summed E-state index contributed by atoms with van der Waals surface area (Å²) in [7, 11) is 4.94. The van der Waals surface area contributed by atoms with Crippen molar-refractivity contribution in [3.8, 4) is 17.2 Å². The molecule has 0 spiro atoms. The van der Waals surface area contributed by atoms with Gasteiger partial charge in [-0.05, 0) is 13.3 Å². The van der Waals surface area contributed by atoms with Crippen molar-refractivity contribution >= 4 is 5.96 Å². The van der Waals surface area contributed by atoms with E-state index in [9.17, 15) is 0 Å². The van der Waals surface area contributed by atoms with Crippen LogP contribution in [0.25, 0.3) is 0 Å². The minimum Gasteiger partial charge on any atom is -0.496 e. The van der Waals surface area contributed by atoms with Gasteiger partial charge in [0, 0.05) is 50.9 Å². The van der Waals surface area contributed by atoms with E-state index in [-0.39, 0.29) is 0 Å². The third kappa shape index (κ3) is 5.25. The maximum Gasteiger partial charge on any atom is 0.194 e. The van der Waals surface area contributed by atoms with Gasteiger partial charge in [-0.1, -0.05) is 0 Å². The number of aliphatic imine (C=N–C) groups is 1. The molecule has 2 saturated heterocycles. The molecule has 3 rings (SSSR count). The molecule has 0 aromatic heterocycles. The van der Waals surface area contributed by atoms with Crippen LogP contribution in [0.2, 0.25) is 0 Å². The number of guanidine groups is 1. The molecule has 1 atom stereocenters. The van der Waals surface area contributed by atoms with Crippen molar-refractivity contribution in [3.05, 3.63) is 17.7 Å². The fourth-order valence-corrected chi connectivity index (χ4v) is 3.99. The Morgan fingerprint density at radius 1 is 1.10 bits per heavy atom. The molecule has 1 aromatic carbocycles. The third-order valence-electron chi connectivity index (χ3n) is 5.56. The van der Waals surface area contributed by atoms with E-state index in [0.717, 1.165) is 63.9 Å². The predicted molar refractivity (Wildman–Crippen MR) is 113 cm³/mol. The summed E-state index contributed by atoms with van der Waals surface area (Å²) in [4.78, 5) is 9.80. The second kappa shape index (κ2) is 10.5. The summed E-state index contributed by atoms with van der Waals surface area (Å²) < 4.78 is 22.0. The number of hydrogen-bond acceptors (Lipinski definition) is 6. The van der Waals surface area contributed by atoms with Gasteiger partial charge in [-0.15, -0.1) is 0 Å². The maximum absolute atomic E-state index is 5.56. The molecule has 0 amide bonds. The number of ether oxygens (including phenoxy) is 4. The van der Waals surface area contributed by atoms with Crippen LogP contribution in [0.15, 0.2) is 17.1 Å². The van der Waals surface area contributed by atoms with Crippen molar-refractivity contribution in [1.29, 1.82) is 0 Å². The highest BCUT2D eigenvalue weighted by Gasteiger charge is 2.30. The Kier molecular flexibility index (Phi) is 7.83. The average molecular weight is 407 g/mol. The lowest BCUT2D eigenvalue weighted by Gasteiger charge is -2.32. The summed E-state index contributed by atoms with van der Waals surface area (Å²) in [6.07, 6.45) is 1.15. The van der Waals surface area contributed by atoms with E-state index >= 15 is 0 Å². The first kappa shape index (κ1) is 21.5. The van der Waals surface area contributed by atoms with Gasteiger partial charge in [0.05, 0.1) is 46.7 Å². The normalized spacial score (nSPS) is 20.6. The number of morpholine rings is 1. The first-order valence-electron chi connectivity index (χ1n) is 10.3. The van der Waals surface area contributed by atoms with Crippen LogP contribution >= 0.6 is 0 Å². The lowest BCUT2D eigenvalue weighted by molar-refractivity contribution is 0.0195. The topological polar surface area (TPSA) is 67.8 Å². The van der Waals surface area contributed by atoms with Gasteiger partial charge >= 0.3 is 0 Å². The molecule has 2 aliphatic rings. The number of nitrogens with one attached hydrogen (secondary N) is 1. The van der Waals surface area contributed by atoms with E-state index in [4.69, 9.17) is 23.9 Å². The molecule has 8 nitrogen and oxygen atoms in total. The first-order valence-corrected chi connectivity index (χ1v) is 10.3. The molecular formula is C21H34N4O4. The second-order valence-corrected chi connectivity index (χ2v) is 7.22. The Bertz CT molecular complexity index is 666. The quantitative estimate of drug-likeness (QED) is 0.545. The zero-order valence-corrected chi connectivity index (χ0v) is 18.1. The van der Waals surface area contributed by atoms with Gasteiger partial charge in [-0.2, -0.15) is 0 Å². The van der Waals surface area contributed by atoms with Gasteiger partial charge in [-0.25, -0.2) is 4.99 Å². The molecular weight excluding hydrogens is 372 g/mol. The van der Waals surface area contributed by atoms with Crippen LogP contribution in [0.5, 0.6) is 17.2 Å². The second-order valence-electron chi connectivity index (χ2n) is 7.22. The number of benzene rings is 1. The van der Waals surface area contributed by atoms with Gasteiger partial charge in [0.2, 0.25) is 0 Å². The monoisotopic (exact) mass is 406 g/mol. The number of rotatable bonds is 7. The minimum atomic E-state index is 0.470. The smallest absolute Gasteiger partial charge is 0.194 e. The minimum absolute atomic E-state index is 0.470. The Hall–Kier alpha value is -2.19. The molecule has 0 bridgehead atoms. The van der Waals surface area contributed by atoms with E-state index in [1.165, 1.54) is 0 Å². The zero-order chi connectivity index (χ0) is 20.6. The highest BCUT2D eigenvalue weighted by molar-refractivity contribution is 5.80. The van der Waals surface area contributed by atoms with E-state index in [2.05, 4.69) is 22.0 Å². The van der Waals surface area contributed by atoms with Crippen LogP contribution in [0.3, 0.4) is 0 Å². The SMILES string of the molecule is CCNC(=NCc1c(OC)cc(OC)cc1OC)N1CCC(N2CCOCC2)C1.